The minimum absolute atomic E-state index is 0.00931. The number of halogens is 1. The predicted octanol–water partition coefficient (Wildman–Crippen LogP) is 1.97. The van der Waals surface area contributed by atoms with Crippen molar-refractivity contribution in [1.82, 2.24) is 20.1 Å². The van der Waals surface area contributed by atoms with Gasteiger partial charge in [0.25, 0.3) is 5.91 Å². The number of carbonyl (C=O) groups is 2. The van der Waals surface area contributed by atoms with Crippen LogP contribution in [0.5, 0.6) is 0 Å². The number of likely N-dealkylation sites (N-methyl/N-ethyl adjacent to an activating group) is 1. The number of amides is 2. The zero-order valence-electron chi connectivity index (χ0n) is 15.8. The van der Waals surface area contributed by atoms with Crippen LogP contribution >= 0.6 is 0 Å². The molecule has 1 aromatic heterocycles. The number of rotatable bonds is 4. The Balaban J connectivity index is 1.76. The van der Waals surface area contributed by atoms with Gasteiger partial charge in [0.05, 0.1) is 17.6 Å². The second kappa shape index (κ2) is 8.43. The maximum Gasteiger partial charge on any atom is 0.254 e. The number of hydrogen-bond donors (Lipinski definition) is 1. The van der Waals surface area contributed by atoms with Crippen LogP contribution in [0.15, 0.2) is 24.3 Å². The Kier molecular flexibility index (Phi) is 6.01. The molecule has 0 saturated carbocycles. The van der Waals surface area contributed by atoms with E-state index in [1.54, 1.807) is 19.1 Å². The van der Waals surface area contributed by atoms with Crippen LogP contribution in [0.2, 0.25) is 0 Å². The van der Waals surface area contributed by atoms with Crippen LogP contribution < -0.4 is 5.32 Å². The Labute approximate surface area is 158 Å². The molecule has 1 N–H and O–H groups in total. The molecular formula is C20H25FN4O2. The summed E-state index contributed by atoms with van der Waals surface area (Å²) >= 11 is 0. The van der Waals surface area contributed by atoms with Crippen molar-refractivity contribution in [1.29, 1.82) is 0 Å². The van der Waals surface area contributed by atoms with E-state index in [1.165, 1.54) is 12.1 Å². The van der Waals surface area contributed by atoms with E-state index in [2.05, 4.69) is 15.2 Å². The van der Waals surface area contributed by atoms with E-state index in [0.29, 0.717) is 54.9 Å². The SMILES string of the molecule is CCNC(=O)CN1CCCN(C(=O)c2cc(C)nc3cc(F)ccc23)CC1. The topological polar surface area (TPSA) is 65.5 Å². The largest absolute Gasteiger partial charge is 0.355 e. The first kappa shape index (κ1) is 19.2. The molecule has 0 bridgehead atoms. The Hall–Kier alpha value is -2.54. The van der Waals surface area contributed by atoms with Gasteiger partial charge in [-0.2, -0.15) is 0 Å². The number of aromatic nitrogens is 1. The number of nitrogens with zero attached hydrogens (tertiary/aromatic N) is 3. The number of pyridine rings is 1. The summed E-state index contributed by atoms with van der Waals surface area (Å²) in [7, 11) is 0. The zero-order chi connectivity index (χ0) is 19.4. The number of hydrogen-bond acceptors (Lipinski definition) is 4. The highest BCUT2D eigenvalue weighted by Gasteiger charge is 2.23. The highest BCUT2D eigenvalue weighted by atomic mass is 19.1. The van der Waals surface area contributed by atoms with Crippen LogP contribution in [-0.2, 0) is 4.79 Å². The van der Waals surface area contributed by atoms with Gasteiger partial charge >= 0.3 is 0 Å². The summed E-state index contributed by atoms with van der Waals surface area (Å²) in [4.78, 5) is 33.2. The second-order valence-electron chi connectivity index (χ2n) is 6.85. The molecule has 7 heteroatoms. The van der Waals surface area contributed by atoms with Gasteiger partial charge in [-0.15, -0.1) is 0 Å². The van der Waals surface area contributed by atoms with Crippen LogP contribution in [0.25, 0.3) is 10.9 Å². The molecule has 1 aromatic carbocycles. The fourth-order valence-corrected chi connectivity index (χ4v) is 3.47. The lowest BCUT2D eigenvalue weighted by molar-refractivity contribution is -0.122. The lowest BCUT2D eigenvalue weighted by atomic mass is 10.1. The molecule has 1 fully saturated rings. The normalized spacial score (nSPS) is 15.6. The molecule has 2 aromatic rings. The van der Waals surface area contributed by atoms with Gasteiger partial charge in [0.15, 0.2) is 0 Å². The van der Waals surface area contributed by atoms with Crippen LogP contribution in [0.4, 0.5) is 4.39 Å². The minimum atomic E-state index is -0.366. The van der Waals surface area contributed by atoms with Crippen molar-refractivity contribution in [2.24, 2.45) is 0 Å². The summed E-state index contributed by atoms with van der Waals surface area (Å²) in [6, 6.07) is 6.09. The molecule has 0 radical (unpaired) electrons. The van der Waals surface area contributed by atoms with Gasteiger partial charge in [0.2, 0.25) is 5.91 Å². The second-order valence-corrected chi connectivity index (χ2v) is 6.85. The van der Waals surface area contributed by atoms with Gasteiger partial charge in [-0.3, -0.25) is 19.5 Å². The first-order chi connectivity index (χ1) is 13.0. The predicted molar refractivity (Wildman–Crippen MR) is 102 cm³/mol. The smallest absolute Gasteiger partial charge is 0.254 e. The molecule has 0 unspecified atom stereocenters. The van der Waals surface area contributed by atoms with Crippen LogP contribution in [0, 0.1) is 12.7 Å². The number of benzene rings is 1. The number of aryl methyl sites for hydroxylation is 1. The molecule has 6 nitrogen and oxygen atoms in total. The first-order valence-corrected chi connectivity index (χ1v) is 9.33. The van der Waals surface area contributed by atoms with E-state index in [1.807, 2.05) is 11.8 Å². The fourth-order valence-electron chi connectivity index (χ4n) is 3.47. The van der Waals surface area contributed by atoms with E-state index in [-0.39, 0.29) is 17.6 Å². The molecule has 2 heterocycles. The van der Waals surface area contributed by atoms with E-state index < -0.39 is 0 Å². The van der Waals surface area contributed by atoms with Crippen molar-refractivity contribution in [2.75, 3.05) is 39.3 Å². The molecule has 0 spiro atoms. The maximum atomic E-state index is 13.5. The van der Waals surface area contributed by atoms with E-state index in [4.69, 9.17) is 0 Å². The van der Waals surface area contributed by atoms with Crippen molar-refractivity contribution in [3.63, 3.8) is 0 Å². The standard InChI is InChI=1S/C20H25FN4O2/c1-3-22-19(26)13-24-7-4-8-25(10-9-24)20(27)17-11-14(2)23-18-12-15(21)5-6-16(17)18/h5-6,11-12H,3-4,7-10,13H2,1-2H3,(H,22,26). The fraction of sp³-hybridized carbons (Fsp3) is 0.450. The average molecular weight is 372 g/mol. The third-order valence-corrected chi connectivity index (χ3v) is 4.75. The Morgan fingerprint density at radius 2 is 2.00 bits per heavy atom. The van der Waals surface area contributed by atoms with E-state index >= 15 is 0 Å². The van der Waals surface area contributed by atoms with Crippen LogP contribution in [-0.4, -0.2) is 65.9 Å². The Morgan fingerprint density at radius 1 is 1.19 bits per heavy atom. The summed E-state index contributed by atoms with van der Waals surface area (Å²) in [6.45, 7) is 7.29. The lowest BCUT2D eigenvalue weighted by Crippen LogP contribution is -2.40. The quantitative estimate of drug-likeness (QED) is 0.891. The number of fused-ring (bicyclic) bond motifs is 1. The third kappa shape index (κ3) is 4.60. The summed E-state index contributed by atoms with van der Waals surface area (Å²) < 4.78 is 13.5. The van der Waals surface area contributed by atoms with Crippen molar-refractivity contribution in [3.05, 3.63) is 41.3 Å². The minimum Gasteiger partial charge on any atom is -0.355 e. The monoisotopic (exact) mass is 372 g/mol. The molecule has 0 aliphatic carbocycles. The molecule has 144 valence electrons. The summed E-state index contributed by atoms with van der Waals surface area (Å²) in [5, 5.41) is 3.47. The molecule has 0 atom stereocenters. The van der Waals surface area contributed by atoms with E-state index in [0.717, 1.165) is 13.0 Å². The maximum absolute atomic E-state index is 13.5. The van der Waals surface area contributed by atoms with Gasteiger partial charge in [-0.05, 0) is 38.5 Å². The summed E-state index contributed by atoms with van der Waals surface area (Å²) in [5.41, 5.74) is 1.73. The third-order valence-electron chi connectivity index (χ3n) is 4.75. The zero-order valence-corrected chi connectivity index (χ0v) is 15.8. The molecule has 1 aliphatic rings. The van der Waals surface area contributed by atoms with Crippen LogP contribution in [0.1, 0.15) is 29.4 Å². The average Bonchev–Trinajstić information content (AvgIpc) is 2.85. The van der Waals surface area contributed by atoms with Crippen molar-refractivity contribution in [2.45, 2.75) is 20.3 Å². The molecule has 1 saturated heterocycles. The number of nitrogens with one attached hydrogen (secondary N) is 1. The Bertz CT molecular complexity index is 850. The number of carbonyl (C=O) groups excluding carboxylic acids is 2. The van der Waals surface area contributed by atoms with E-state index in [9.17, 15) is 14.0 Å². The van der Waals surface area contributed by atoms with Gasteiger partial charge in [-0.25, -0.2) is 4.39 Å². The Morgan fingerprint density at radius 3 is 2.78 bits per heavy atom. The van der Waals surface area contributed by atoms with Gasteiger partial charge in [0.1, 0.15) is 5.82 Å². The summed E-state index contributed by atoms with van der Waals surface area (Å²) in [5.74, 6) is -0.429. The summed E-state index contributed by atoms with van der Waals surface area (Å²) in [6.07, 6.45) is 0.807. The van der Waals surface area contributed by atoms with Gasteiger partial charge in [0, 0.05) is 49.9 Å². The highest BCUT2D eigenvalue weighted by molar-refractivity contribution is 6.06. The molecular weight excluding hydrogens is 347 g/mol. The highest BCUT2D eigenvalue weighted by Crippen LogP contribution is 2.21. The van der Waals surface area contributed by atoms with Crippen molar-refractivity contribution in [3.8, 4) is 0 Å². The molecule has 2 amide bonds. The first-order valence-electron chi connectivity index (χ1n) is 9.33. The van der Waals surface area contributed by atoms with Crippen molar-refractivity contribution < 1.29 is 14.0 Å². The van der Waals surface area contributed by atoms with Gasteiger partial charge < -0.3 is 10.2 Å². The molecule has 1 aliphatic heterocycles. The lowest BCUT2D eigenvalue weighted by Gasteiger charge is -2.22. The molecule has 27 heavy (non-hydrogen) atoms. The van der Waals surface area contributed by atoms with Gasteiger partial charge in [-0.1, -0.05) is 0 Å². The van der Waals surface area contributed by atoms with Crippen molar-refractivity contribution >= 4 is 22.7 Å². The molecule has 3 rings (SSSR count). The van der Waals surface area contributed by atoms with Crippen LogP contribution in [0.3, 0.4) is 0 Å².